The molecular formula is C15H28N2OS. The molecule has 0 saturated carbocycles. The summed E-state index contributed by atoms with van der Waals surface area (Å²) in [6, 6.07) is 0. The zero-order valence-electron chi connectivity index (χ0n) is 13.0. The van der Waals surface area contributed by atoms with Gasteiger partial charge in [-0.25, -0.2) is 4.98 Å². The topological polar surface area (TPSA) is 34.1 Å². The van der Waals surface area contributed by atoms with Crippen LogP contribution in [0.1, 0.15) is 50.9 Å². The average Bonchev–Trinajstić information content (AvgIpc) is 2.75. The Hall–Kier alpha value is -0.450. The summed E-state index contributed by atoms with van der Waals surface area (Å²) in [6.07, 6.45) is 3.13. The molecule has 3 nitrogen and oxygen atoms in total. The first-order chi connectivity index (χ1) is 8.89. The summed E-state index contributed by atoms with van der Waals surface area (Å²) in [4.78, 5) is 5.78. The number of ether oxygens (including phenoxy) is 1. The molecule has 0 aromatic carbocycles. The van der Waals surface area contributed by atoms with Gasteiger partial charge in [-0.2, -0.15) is 0 Å². The number of aromatic nitrogens is 1. The Labute approximate surface area is 121 Å². The zero-order chi connectivity index (χ0) is 14.3. The van der Waals surface area contributed by atoms with E-state index in [0.29, 0.717) is 0 Å². The van der Waals surface area contributed by atoms with Gasteiger partial charge >= 0.3 is 0 Å². The summed E-state index contributed by atoms with van der Waals surface area (Å²) in [5.41, 5.74) is 0.156. The first-order valence-electron chi connectivity index (χ1n) is 7.13. The SMILES string of the molecule is CC(C)CCOCCNCc1cnc(C(C)(C)C)s1. The third-order valence-corrected chi connectivity index (χ3v) is 4.18. The van der Waals surface area contributed by atoms with Crippen molar-refractivity contribution in [3.63, 3.8) is 0 Å². The highest BCUT2D eigenvalue weighted by Crippen LogP contribution is 2.26. The maximum absolute atomic E-state index is 5.57. The first-order valence-corrected chi connectivity index (χ1v) is 7.95. The number of rotatable bonds is 8. The Kier molecular flexibility index (Phi) is 6.97. The molecule has 1 N–H and O–H groups in total. The van der Waals surface area contributed by atoms with Crippen LogP contribution in [0.3, 0.4) is 0 Å². The molecule has 0 spiro atoms. The summed E-state index contributed by atoms with van der Waals surface area (Å²) in [5, 5.41) is 4.61. The molecule has 0 aliphatic rings. The van der Waals surface area contributed by atoms with E-state index in [1.165, 1.54) is 9.88 Å². The number of hydrogen-bond acceptors (Lipinski definition) is 4. The highest BCUT2D eigenvalue weighted by Gasteiger charge is 2.17. The van der Waals surface area contributed by atoms with Crippen LogP contribution in [-0.2, 0) is 16.7 Å². The van der Waals surface area contributed by atoms with Crippen LogP contribution in [0.15, 0.2) is 6.20 Å². The Morgan fingerprint density at radius 3 is 2.63 bits per heavy atom. The molecule has 0 radical (unpaired) electrons. The number of hydrogen-bond donors (Lipinski definition) is 1. The third kappa shape index (κ3) is 7.04. The van der Waals surface area contributed by atoms with Crippen molar-refractivity contribution in [2.24, 2.45) is 5.92 Å². The second-order valence-corrected chi connectivity index (χ2v) is 7.47. The standard InChI is InChI=1S/C15H28N2OS/c1-12(2)6-8-18-9-7-16-10-13-11-17-14(19-13)15(3,4)5/h11-12,16H,6-10H2,1-5H3. The fourth-order valence-corrected chi connectivity index (χ4v) is 2.45. The molecule has 0 aliphatic heterocycles. The molecule has 0 amide bonds. The predicted octanol–water partition coefficient (Wildman–Crippen LogP) is 3.59. The van der Waals surface area contributed by atoms with Gasteiger partial charge in [0.15, 0.2) is 0 Å². The monoisotopic (exact) mass is 284 g/mol. The molecule has 1 aromatic heterocycles. The Morgan fingerprint density at radius 1 is 1.32 bits per heavy atom. The van der Waals surface area contributed by atoms with Crippen LogP contribution in [0.25, 0.3) is 0 Å². The summed E-state index contributed by atoms with van der Waals surface area (Å²) in [6.45, 7) is 14.5. The lowest BCUT2D eigenvalue weighted by Crippen LogP contribution is -2.19. The van der Waals surface area contributed by atoms with E-state index in [4.69, 9.17) is 4.74 Å². The summed E-state index contributed by atoms with van der Waals surface area (Å²) in [7, 11) is 0. The van der Waals surface area contributed by atoms with Crippen molar-refractivity contribution >= 4 is 11.3 Å². The second kappa shape index (κ2) is 7.98. The van der Waals surface area contributed by atoms with Crippen molar-refractivity contribution in [3.05, 3.63) is 16.1 Å². The Bertz CT molecular complexity index is 355. The van der Waals surface area contributed by atoms with Gasteiger partial charge in [0.1, 0.15) is 0 Å². The molecule has 0 saturated heterocycles. The van der Waals surface area contributed by atoms with Crippen molar-refractivity contribution < 1.29 is 4.74 Å². The van der Waals surface area contributed by atoms with Crippen molar-refractivity contribution in [1.29, 1.82) is 0 Å². The molecule has 0 unspecified atom stereocenters. The van der Waals surface area contributed by atoms with Crippen LogP contribution in [0, 0.1) is 5.92 Å². The van der Waals surface area contributed by atoms with Gasteiger partial charge < -0.3 is 10.1 Å². The molecule has 1 rings (SSSR count). The van der Waals surface area contributed by atoms with Gasteiger partial charge in [0.05, 0.1) is 11.6 Å². The third-order valence-electron chi connectivity index (χ3n) is 2.76. The van der Waals surface area contributed by atoms with Crippen LogP contribution >= 0.6 is 11.3 Å². The lowest BCUT2D eigenvalue weighted by Gasteiger charge is -2.13. The van der Waals surface area contributed by atoms with Gasteiger partial charge in [0.25, 0.3) is 0 Å². The van der Waals surface area contributed by atoms with Crippen LogP contribution in [-0.4, -0.2) is 24.7 Å². The van der Waals surface area contributed by atoms with E-state index in [1.54, 1.807) is 11.3 Å². The number of nitrogens with zero attached hydrogens (tertiary/aromatic N) is 1. The molecule has 4 heteroatoms. The normalized spacial score (nSPS) is 12.3. The Balaban J connectivity index is 2.11. The summed E-state index contributed by atoms with van der Waals surface area (Å²) >= 11 is 1.80. The molecule has 1 aromatic rings. The van der Waals surface area contributed by atoms with Gasteiger partial charge in [0, 0.05) is 36.2 Å². The highest BCUT2D eigenvalue weighted by molar-refractivity contribution is 7.11. The largest absolute Gasteiger partial charge is 0.380 e. The molecule has 110 valence electrons. The molecule has 19 heavy (non-hydrogen) atoms. The predicted molar refractivity (Wildman–Crippen MR) is 82.8 cm³/mol. The van der Waals surface area contributed by atoms with E-state index in [2.05, 4.69) is 44.9 Å². The quantitative estimate of drug-likeness (QED) is 0.741. The van der Waals surface area contributed by atoms with Crippen LogP contribution in [0.2, 0.25) is 0 Å². The van der Waals surface area contributed by atoms with E-state index in [-0.39, 0.29) is 5.41 Å². The highest BCUT2D eigenvalue weighted by atomic mass is 32.1. The zero-order valence-corrected chi connectivity index (χ0v) is 13.8. The van der Waals surface area contributed by atoms with Crippen LogP contribution in [0.5, 0.6) is 0 Å². The van der Waals surface area contributed by atoms with Gasteiger partial charge in [0.2, 0.25) is 0 Å². The molecule has 0 atom stereocenters. The number of thiazole rings is 1. The van der Waals surface area contributed by atoms with Gasteiger partial charge in [-0.05, 0) is 12.3 Å². The lowest BCUT2D eigenvalue weighted by atomic mass is 9.98. The average molecular weight is 284 g/mol. The van der Waals surface area contributed by atoms with Crippen LogP contribution < -0.4 is 5.32 Å². The minimum absolute atomic E-state index is 0.156. The second-order valence-electron chi connectivity index (χ2n) is 6.35. The molecule has 0 bridgehead atoms. The smallest absolute Gasteiger partial charge is 0.0981 e. The maximum Gasteiger partial charge on any atom is 0.0981 e. The fourth-order valence-electron chi connectivity index (χ4n) is 1.51. The Morgan fingerprint density at radius 2 is 2.05 bits per heavy atom. The van der Waals surface area contributed by atoms with Crippen molar-refractivity contribution in [1.82, 2.24) is 10.3 Å². The minimum Gasteiger partial charge on any atom is -0.380 e. The molecule has 1 heterocycles. The van der Waals surface area contributed by atoms with Crippen molar-refractivity contribution in [3.8, 4) is 0 Å². The van der Waals surface area contributed by atoms with Gasteiger partial charge in [-0.15, -0.1) is 11.3 Å². The maximum atomic E-state index is 5.57. The first kappa shape index (κ1) is 16.6. The lowest BCUT2D eigenvalue weighted by molar-refractivity contribution is 0.125. The molecular weight excluding hydrogens is 256 g/mol. The van der Waals surface area contributed by atoms with E-state index in [0.717, 1.165) is 38.6 Å². The fraction of sp³-hybridized carbons (Fsp3) is 0.800. The molecule has 0 fully saturated rings. The van der Waals surface area contributed by atoms with Gasteiger partial charge in [-0.3, -0.25) is 0 Å². The van der Waals surface area contributed by atoms with Crippen LogP contribution in [0.4, 0.5) is 0 Å². The number of nitrogens with one attached hydrogen (secondary N) is 1. The van der Waals surface area contributed by atoms with E-state index >= 15 is 0 Å². The summed E-state index contributed by atoms with van der Waals surface area (Å²) in [5.74, 6) is 0.723. The van der Waals surface area contributed by atoms with Gasteiger partial charge in [-0.1, -0.05) is 34.6 Å². The molecule has 0 aliphatic carbocycles. The van der Waals surface area contributed by atoms with E-state index < -0.39 is 0 Å². The van der Waals surface area contributed by atoms with Crippen molar-refractivity contribution in [2.75, 3.05) is 19.8 Å². The van der Waals surface area contributed by atoms with Crippen molar-refractivity contribution in [2.45, 2.75) is 53.0 Å². The summed E-state index contributed by atoms with van der Waals surface area (Å²) < 4.78 is 5.57. The minimum atomic E-state index is 0.156. The van der Waals surface area contributed by atoms with E-state index in [9.17, 15) is 0 Å². The van der Waals surface area contributed by atoms with E-state index in [1.807, 2.05) is 6.20 Å².